The lowest BCUT2D eigenvalue weighted by Gasteiger charge is -2.33. The zero-order valence-electron chi connectivity index (χ0n) is 20.0. The summed E-state index contributed by atoms with van der Waals surface area (Å²) < 4.78 is 0. The van der Waals surface area contributed by atoms with Gasteiger partial charge < -0.3 is 20.9 Å². The lowest BCUT2D eigenvalue weighted by Crippen LogP contribution is -2.52. The maximum atomic E-state index is 12.8. The Morgan fingerprint density at radius 2 is 1.67 bits per heavy atom. The van der Waals surface area contributed by atoms with Gasteiger partial charge in [-0.3, -0.25) is 9.80 Å². The van der Waals surface area contributed by atoms with Crippen molar-refractivity contribution in [1.29, 1.82) is 0 Å². The molecule has 0 radical (unpaired) electrons. The van der Waals surface area contributed by atoms with E-state index in [2.05, 4.69) is 27.9 Å². The van der Waals surface area contributed by atoms with Gasteiger partial charge in [0.05, 0.1) is 16.8 Å². The number of aromatic nitrogens is 2. The molecule has 2 aromatic carbocycles. The zero-order valence-corrected chi connectivity index (χ0v) is 20.9. The second kappa shape index (κ2) is 11.3. The Labute approximate surface area is 215 Å². The minimum atomic E-state index is -0.457. The number of nitrogens with one attached hydrogen (secondary N) is 1. The Kier molecular flexibility index (Phi) is 7.91. The molecule has 11 heteroatoms. The highest BCUT2D eigenvalue weighted by Crippen LogP contribution is 2.24. The van der Waals surface area contributed by atoms with Gasteiger partial charge in [-0.15, -0.1) is 0 Å². The highest BCUT2D eigenvalue weighted by atomic mass is 32.1. The van der Waals surface area contributed by atoms with Crippen LogP contribution in [0.1, 0.15) is 23.7 Å². The van der Waals surface area contributed by atoms with Crippen molar-refractivity contribution in [1.82, 2.24) is 19.8 Å². The molecule has 10 nitrogen and oxygen atoms in total. The third-order valence-corrected chi connectivity index (χ3v) is 6.68. The molecule has 5 N–H and O–H groups in total. The van der Waals surface area contributed by atoms with E-state index in [-0.39, 0.29) is 11.3 Å². The van der Waals surface area contributed by atoms with Crippen molar-refractivity contribution in [3.05, 3.63) is 66.4 Å². The summed E-state index contributed by atoms with van der Waals surface area (Å²) in [6.45, 7) is 3.83. The van der Waals surface area contributed by atoms with Gasteiger partial charge in [0.25, 0.3) is 5.91 Å². The van der Waals surface area contributed by atoms with Crippen LogP contribution in [-0.4, -0.2) is 63.3 Å². The third kappa shape index (κ3) is 5.86. The number of thiol groups is 1. The van der Waals surface area contributed by atoms with E-state index in [0.717, 1.165) is 29.1 Å². The number of nitrogens with two attached hydrogens (primary N) is 2. The van der Waals surface area contributed by atoms with Crippen LogP contribution in [0.25, 0.3) is 11.3 Å². The predicted octanol–water partition coefficient (Wildman–Crippen LogP) is 3.07. The largest absolute Gasteiger partial charge is 0.351 e. The molecule has 36 heavy (non-hydrogen) atoms. The van der Waals surface area contributed by atoms with Gasteiger partial charge in [0.15, 0.2) is 0 Å². The lowest BCUT2D eigenvalue weighted by atomic mass is 10.1. The molecule has 3 amide bonds. The van der Waals surface area contributed by atoms with Crippen LogP contribution in [0, 0.1) is 0 Å². The number of hydrogen-bond donors (Lipinski definition) is 4. The molecule has 1 aliphatic rings. The first kappa shape index (κ1) is 25.3. The van der Waals surface area contributed by atoms with Crippen LogP contribution in [0.2, 0.25) is 0 Å². The van der Waals surface area contributed by atoms with Crippen LogP contribution in [-0.2, 0) is 0 Å². The quantitative estimate of drug-likeness (QED) is 0.167. The van der Waals surface area contributed by atoms with Crippen molar-refractivity contribution in [2.75, 3.05) is 36.5 Å². The molecule has 1 saturated heterocycles. The number of primary amides is 1. The summed E-state index contributed by atoms with van der Waals surface area (Å²) >= 11 is 4.48. The smallest absolute Gasteiger partial charge is 0.314 e. The van der Waals surface area contributed by atoms with Crippen molar-refractivity contribution < 1.29 is 9.59 Å². The van der Waals surface area contributed by atoms with E-state index >= 15 is 0 Å². The van der Waals surface area contributed by atoms with Gasteiger partial charge in [-0.05, 0) is 48.9 Å². The molecule has 4 rings (SSSR count). The molecule has 2 heterocycles. The molecule has 1 aliphatic heterocycles. The van der Waals surface area contributed by atoms with Gasteiger partial charge in [-0.2, -0.15) is 12.6 Å². The number of piperazine rings is 1. The Morgan fingerprint density at radius 1 is 1.03 bits per heavy atom. The molecular weight excluding hydrogens is 476 g/mol. The lowest BCUT2D eigenvalue weighted by molar-refractivity contribution is 0.0669. The molecule has 188 valence electrons. The zero-order chi connectivity index (χ0) is 25.7. The van der Waals surface area contributed by atoms with Crippen molar-refractivity contribution in [3.63, 3.8) is 0 Å². The number of carbonyl (C=O) groups excluding carboxylic acids is 2. The maximum absolute atomic E-state index is 12.8. The number of hydrogen-bond acceptors (Lipinski definition) is 8. The number of amides is 3. The van der Waals surface area contributed by atoms with E-state index in [9.17, 15) is 9.59 Å². The standard InChI is InChI=1S/C25H30N8O2S/c1-2-22(36)33(27)20-9-5-17(6-10-20)21-11-12-28-25(30-21)29-19-7-3-18(4-8-19)23(34)31-13-15-32(16-14-31)24(26)35/h3-12,22,36H,2,13-16,27H2,1H3,(H2,26,35)(H,28,29,30). The van der Waals surface area contributed by atoms with Crippen LogP contribution in [0.3, 0.4) is 0 Å². The van der Waals surface area contributed by atoms with Crippen LogP contribution in [0.5, 0.6) is 0 Å². The average molecular weight is 507 g/mol. The average Bonchev–Trinajstić information content (AvgIpc) is 2.92. The molecule has 0 bridgehead atoms. The first-order valence-electron chi connectivity index (χ1n) is 11.7. The second-order valence-electron chi connectivity index (χ2n) is 8.43. The molecule has 3 aromatic rings. The first-order chi connectivity index (χ1) is 17.4. The van der Waals surface area contributed by atoms with Gasteiger partial charge in [0, 0.05) is 49.2 Å². The minimum Gasteiger partial charge on any atom is -0.351 e. The molecule has 0 spiro atoms. The van der Waals surface area contributed by atoms with E-state index < -0.39 is 6.03 Å². The maximum Gasteiger partial charge on any atom is 0.314 e. The number of nitrogens with zero attached hydrogens (tertiary/aromatic N) is 5. The van der Waals surface area contributed by atoms with Crippen LogP contribution < -0.4 is 21.9 Å². The Morgan fingerprint density at radius 3 is 2.28 bits per heavy atom. The summed E-state index contributed by atoms with van der Waals surface area (Å²) in [4.78, 5) is 36.3. The van der Waals surface area contributed by atoms with Gasteiger partial charge in [0.1, 0.15) is 0 Å². The Bertz CT molecular complexity index is 1200. The number of carbonyl (C=O) groups is 2. The van der Waals surface area contributed by atoms with Crippen molar-refractivity contribution >= 4 is 41.9 Å². The second-order valence-corrected chi connectivity index (χ2v) is 9.02. The minimum absolute atomic E-state index is 0.0561. The summed E-state index contributed by atoms with van der Waals surface area (Å²) in [6.07, 6.45) is 2.52. The molecular formula is C25H30N8O2S. The van der Waals surface area contributed by atoms with Crippen LogP contribution in [0.4, 0.5) is 22.1 Å². The van der Waals surface area contributed by atoms with Crippen LogP contribution in [0.15, 0.2) is 60.8 Å². The summed E-state index contributed by atoms with van der Waals surface area (Å²) in [5.41, 5.74) is 9.21. The van der Waals surface area contributed by atoms with Crippen molar-refractivity contribution in [3.8, 4) is 11.3 Å². The number of rotatable bonds is 7. The number of anilines is 3. The fourth-order valence-corrected chi connectivity index (χ4v) is 4.02. The summed E-state index contributed by atoms with van der Waals surface area (Å²) in [5, 5.41) is 4.76. The first-order valence-corrected chi connectivity index (χ1v) is 12.2. The Hall–Kier alpha value is -3.83. The van der Waals surface area contributed by atoms with Gasteiger partial charge in [-0.1, -0.05) is 19.1 Å². The number of hydrazine groups is 1. The van der Waals surface area contributed by atoms with Gasteiger partial charge in [-0.25, -0.2) is 20.6 Å². The molecule has 1 fully saturated rings. The summed E-state index contributed by atoms with van der Waals surface area (Å²) in [7, 11) is 0. The van der Waals surface area contributed by atoms with Crippen molar-refractivity contribution in [2.45, 2.75) is 18.7 Å². The molecule has 1 aromatic heterocycles. The summed E-state index contributed by atoms with van der Waals surface area (Å²) in [5.74, 6) is 6.48. The SMILES string of the molecule is CCC(S)N(N)c1ccc(-c2ccnc(Nc3ccc(C(=O)N4CCN(C(N)=O)CC4)cc3)n2)cc1. The molecule has 0 aliphatic carbocycles. The monoisotopic (exact) mass is 506 g/mol. The van der Waals surface area contributed by atoms with Gasteiger partial charge >= 0.3 is 6.03 Å². The van der Waals surface area contributed by atoms with Crippen LogP contribution >= 0.6 is 12.6 Å². The van der Waals surface area contributed by atoms with E-state index in [1.54, 1.807) is 28.2 Å². The number of benzene rings is 2. The van der Waals surface area contributed by atoms with E-state index in [4.69, 9.17) is 11.6 Å². The van der Waals surface area contributed by atoms with E-state index in [1.165, 1.54) is 4.90 Å². The summed E-state index contributed by atoms with van der Waals surface area (Å²) in [6, 6.07) is 16.3. The highest BCUT2D eigenvalue weighted by molar-refractivity contribution is 7.81. The fraction of sp³-hybridized carbons (Fsp3) is 0.280. The molecule has 0 saturated carbocycles. The third-order valence-electron chi connectivity index (χ3n) is 6.07. The van der Waals surface area contributed by atoms with Crippen molar-refractivity contribution in [2.24, 2.45) is 11.6 Å². The fourth-order valence-electron chi connectivity index (χ4n) is 3.89. The Balaban J connectivity index is 1.39. The normalized spacial score (nSPS) is 14.3. The highest BCUT2D eigenvalue weighted by Gasteiger charge is 2.23. The molecule has 1 atom stereocenters. The topological polar surface area (TPSA) is 134 Å². The predicted molar refractivity (Wildman–Crippen MR) is 144 cm³/mol. The number of urea groups is 1. The van der Waals surface area contributed by atoms with E-state index in [0.29, 0.717) is 37.7 Å². The molecule has 1 unspecified atom stereocenters. The van der Waals surface area contributed by atoms with Gasteiger partial charge in [0.2, 0.25) is 5.95 Å². The van der Waals surface area contributed by atoms with E-state index in [1.807, 2.05) is 49.4 Å².